The summed E-state index contributed by atoms with van der Waals surface area (Å²) in [4.78, 5) is 0. The quantitative estimate of drug-likeness (QED) is 0.839. The first-order valence-corrected chi connectivity index (χ1v) is 8.95. The zero-order chi connectivity index (χ0) is 15.3. The molecule has 114 valence electrons. The molecule has 21 heavy (non-hydrogen) atoms. The van der Waals surface area contributed by atoms with Gasteiger partial charge in [0.05, 0.1) is 17.5 Å². The van der Waals surface area contributed by atoms with E-state index in [-0.39, 0.29) is 11.8 Å². The van der Waals surface area contributed by atoms with Gasteiger partial charge in [0.15, 0.2) is 0 Å². The molecule has 0 spiro atoms. The van der Waals surface area contributed by atoms with E-state index >= 15 is 0 Å². The average Bonchev–Trinajstić information content (AvgIpc) is 2.47. The molecule has 1 aromatic rings. The molecule has 4 nitrogen and oxygen atoms in total. The summed E-state index contributed by atoms with van der Waals surface area (Å²) in [6.45, 7) is 0.220. The van der Waals surface area contributed by atoms with Gasteiger partial charge in [-0.1, -0.05) is 42.7 Å². The predicted molar refractivity (Wildman–Crippen MR) is 86.8 cm³/mol. The van der Waals surface area contributed by atoms with E-state index in [1.807, 2.05) is 0 Å². The summed E-state index contributed by atoms with van der Waals surface area (Å²) in [5.74, 6) is 5.59. The van der Waals surface area contributed by atoms with Crippen molar-refractivity contribution < 1.29 is 8.42 Å². The van der Waals surface area contributed by atoms with E-state index in [9.17, 15) is 8.42 Å². The number of halogens is 1. The first-order chi connectivity index (χ1) is 10.0. The predicted octanol–water partition coefficient (Wildman–Crippen LogP) is 2.72. The minimum Gasteiger partial charge on any atom is -0.320 e. The summed E-state index contributed by atoms with van der Waals surface area (Å²) in [6, 6.07) is 4.96. The standard InChI is InChI=1S/C15H19ClN2O2S/c16-13-9-8-12(5-4-10-17)15(11-13)18-21(19,20)14-6-2-1-3-7-14/h8-9,11,14,18H,1-3,6-7,10,17H2. The molecular formula is C15H19ClN2O2S. The Hall–Kier alpha value is -1.22. The van der Waals surface area contributed by atoms with Crippen molar-refractivity contribution in [3.63, 3.8) is 0 Å². The van der Waals surface area contributed by atoms with Crippen molar-refractivity contribution in [2.24, 2.45) is 5.73 Å². The number of rotatable bonds is 3. The minimum atomic E-state index is -3.41. The van der Waals surface area contributed by atoms with E-state index in [2.05, 4.69) is 16.6 Å². The van der Waals surface area contributed by atoms with Crippen LogP contribution in [0.5, 0.6) is 0 Å². The highest BCUT2D eigenvalue weighted by Gasteiger charge is 2.27. The van der Waals surface area contributed by atoms with E-state index < -0.39 is 10.0 Å². The molecule has 0 unspecified atom stereocenters. The van der Waals surface area contributed by atoms with Gasteiger partial charge in [-0.05, 0) is 31.0 Å². The Kier molecular flexibility index (Phi) is 5.51. The van der Waals surface area contributed by atoms with Gasteiger partial charge in [0.25, 0.3) is 0 Å². The number of hydrogen-bond donors (Lipinski definition) is 2. The molecule has 1 aliphatic rings. The fraction of sp³-hybridized carbons (Fsp3) is 0.467. The van der Waals surface area contributed by atoms with Gasteiger partial charge in [-0.2, -0.15) is 0 Å². The van der Waals surface area contributed by atoms with Crippen LogP contribution in [0.15, 0.2) is 18.2 Å². The molecule has 0 radical (unpaired) electrons. The van der Waals surface area contributed by atoms with Crippen molar-refractivity contribution in [2.45, 2.75) is 37.4 Å². The number of benzene rings is 1. The van der Waals surface area contributed by atoms with Crippen molar-refractivity contribution in [1.82, 2.24) is 0 Å². The Morgan fingerprint density at radius 2 is 2.00 bits per heavy atom. The molecule has 0 amide bonds. The smallest absolute Gasteiger partial charge is 0.235 e. The van der Waals surface area contributed by atoms with Gasteiger partial charge in [0.2, 0.25) is 10.0 Å². The maximum atomic E-state index is 12.5. The van der Waals surface area contributed by atoms with Crippen LogP contribution in [-0.2, 0) is 10.0 Å². The lowest BCUT2D eigenvalue weighted by Crippen LogP contribution is -2.30. The second-order valence-electron chi connectivity index (χ2n) is 5.10. The molecule has 0 aromatic heterocycles. The third-order valence-electron chi connectivity index (χ3n) is 3.55. The van der Waals surface area contributed by atoms with Crippen LogP contribution >= 0.6 is 11.6 Å². The van der Waals surface area contributed by atoms with Crippen LogP contribution in [-0.4, -0.2) is 20.2 Å². The second kappa shape index (κ2) is 7.17. The van der Waals surface area contributed by atoms with Gasteiger partial charge in [0, 0.05) is 10.6 Å². The zero-order valence-corrected chi connectivity index (χ0v) is 13.3. The number of nitrogens with two attached hydrogens (primary N) is 1. The Morgan fingerprint density at radius 1 is 1.29 bits per heavy atom. The second-order valence-corrected chi connectivity index (χ2v) is 7.50. The molecule has 0 aliphatic heterocycles. The molecule has 2 rings (SSSR count). The number of sulfonamides is 1. The zero-order valence-electron chi connectivity index (χ0n) is 11.7. The maximum absolute atomic E-state index is 12.5. The van der Waals surface area contributed by atoms with Crippen LogP contribution in [0.2, 0.25) is 5.02 Å². The van der Waals surface area contributed by atoms with Crippen molar-refractivity contribution in [2.75, 3.05) is 11.3 Å². The fourth-order valence-electron chi connectivity index (χ4n) is 2.47. The largest absolute Gasteiger partial charge is 0.320 e. The minimum absolute atomic E-state index is 0.220. The molecule has 0 heterocycles. The molecule has 1 saturated carbocycles. The molecule has 6 heteroatoms. The van der Waals surface area contributed by atoms with Crippen LogP contribution in [0.1, 0.15) is 37.7 Å². The molecule has 0 atom stereocenters. The molecule has 3 N–H and O–H groups in total. The number of hydrogen-bond acceptors (Lipinski definition) is 3. The Labute approximate surface area is 131 Å². The van der Waals surface area contributed by atoms with Crippen molar-refractivity contribution >= 4 is 27.3 Å². The van der Waals surface area contributed by atoms with Crippen LogP contribution in [0, 0.1) is 11.8 Å². The highest BCUT2D eigenvalue weighted by molar-refractivity contribution is 7.93. The first-order valence-electron chi connectivity index (χ1n) is 7.03. The van der Waals surface area contributed by atoms with Gasteiger partial charge in [0.1, 0.15) is 0 Å². The summed E-state index contributed by atoms with van der Waals surface area (Å²) in [6.07, 6.45) is 4.44. The van der Waals surface area contributed by atoms with Gasteiger partial charge in [-0.15, -0.1) is 0 Å². The normalized spacial score (nSPS) is 16.1. The van der Waals surface area contributed by atoms with Crippen LogP contribution in [0.3, 0.4) is 0 Å². The summed E-state index contributed by atoms with van der Waals surface area (Å²) in [5.41, 5.74) is 6.37. The SMILES string of the molecule is NCC#Cc1ccc(Cl)cc1NS(=O)(=O)C1CCCCC1. The van der Waals surface area contributed by atoms with Gasteiger partial charge >= 0.3 is 0 Å². The van der Waals surface area contributed by atoms with Gasteiger partial charge < -0.3 is 5.73 Å². The third-order valence-corrected chi connectivity index (χ3v) is 5.64. The summed E-state index contributed by atoms with van der Waals surface area (Å²) < 4.78 is 27.6. The molecule has 1 fully saturated rings. The molecule has 0 saturated heterocycles. The van der Waals surface area contributed by atoms with Crippen molar-refractivity contribution in [3.05, 3.63) is 28.8 Å². The molecular weight excluding hydrogens is 308 g/mol. The van der Waals surface area contributed by atoms with Crippen LogP contribution in [0.25, 0.3) is 0 Å². The highest BCUT2D eigenvalue weighted by Crippen LogP contribution is 2.27. The fourth-order valence-corrected chi connectivity index (χ4v) is 4.24. The van der Waals surface area contributed by atoms with E-state index in [1.54, 1.807) is 18.2 Å². The lowest BCUT2D eigenvalue weighted by atomic mass is 10.0. The monoisotopic (exact) mass is 326 g/mol. The Balaban J connectivity index is 2.27. The first kappa shape index (κ1) is 16.2. The third kappa shape index (κ3) is 4.37. The Morgan fingerprint density at radius 3 is 2.67 bits per heavy atom. The summed E-state index contributed by atoms with van der Waals surface area (Å²) >= 11 is 5.96. The number of nitrogens with one attached hydrogen (secondary N) is 1. The Bertz CT molecular complexity index is 656. The molecule has 1 aliphatic carbocycles. The van der Waals surface area contributed by atoms with E-state index in [0.717, 1.165) is 19.3 Å². The maximum Gasteiger partial charge on any atom is 0.235 e. The van der Waals surface area contributed by atoms with Crippen molar-refractivity contribution in [3.8, 4) is 11.8 Å². The summed E-state index contributed by atoms with van der Waals surface area (Å²) in [7, 11) is -3.41. The molecule has 1 aromatic carbocycles. The van der Waals surface area contributed by atoms with E-state index in [4.69, 9.17) is 17.3 Å². The van der Waals surface area contributed by atoms with Gasteiger partial charge in [-0.3, -0.25) is 4.72 Å². The number of anilines is 1. The average molecular weight is 327 g/mol. The topological polar surface area (TPSA) is 72.2 Å². The van der Waals surface area contributed by atoms with Crippen LogP contribution < -0.4 is 10.5 Å². The highest BCUT2D eigenvalue weighted by atomic mass is 35.5. The molecule has 0 bridgehead atoms. The van der Waals surface area contributed by atoms with Crippen molar-refractivity contribution in [1.29, 1.82) is 0 Å². The van der Waals surface area contributed by atoms with E-state index in [0.29, 0.717) is 29.1 Å². The summed E-state index contributed by atoms with van der Waals surface area (Å²) in [5, 5.41) is 0.134. The van der Waals surface area contributed by atoms with Gasteiger partial charge in [-0.25, -0.2) is 8.42 Å². The van der Waals surface area contributed by atoms with E-state index in [1.165, 1.54) is 0 Å². The van der Waals surface area contributed by atoms with Crippen LogP contribution in [0.4, 0.5) is 5.69 Å². The lowest BCUT2D eigenvalue weighted by molar-refractivity contribution is 0.486. The lowest BCUT2D eigenvalue weighted by Gasteiger charge is -2.22.